The Morgan fingerprint density at radius 1 is 1.47 bits per heavy atom. The number of carboxylic acids is 1. The molecule has 0 aliphatic heterocycles. The van der Waals surface area contributed by atoms with Gasteiger partial charge in [0, 0.05) is 5.69 Å². The predicted molar refractivity (Wildman–Crippen MR) is 61.2 cm³/mol. The van der Waals surface area contributed by atoms with Crippen molar-refractivity contribution in [3.05, 3.63) is 41.4 Å². The van der Waals surface area contributed by atoms with Crippen molar-refractivity contribution >= 4 is 5.97 Å². The standard InChI is InChI=1S/C12H14N2O3/c1-7-8(2)14(6-13-7)9(3)10-4-5-11(17-10)12(15)16/h4-6,9H,1-3H3,(H,15,16). The van der Waals surface area contributed by atoms with Gasteiger partial charge in [0.15, 0.2) is 0 Å². The number of hydrogen-bond donors (Lipinski definition) is 1. The lowest BCUT2D eigenvalue weighted by Gasteiger charge is -2.12. The Morgan fingerprint density at radius 3 is 2.65 bits per heavy atom. The summed E-state index contributed by atoms with van der Waals surface area (Å²) in [7, 11) is 0. The Morgan fingerprint density at radius 2 is 2.18 bits per heavy atom. The second-order valence-corrected chi connectivity index (χ2v) is 4.01. The molecule has 0 aromatic carbocycles. The van der Waals surface area contributed by atoms with Crippen LogP contribution in [0.5, 0.6) is 0 Å². The minimum Gasteiger partial charge on any atom is -0.475 e. The minimum atomic E-state index is -1.05. The van der Waals surface area contributed by atoms with E-state index in [9.17, 15) is 4.79 Å². The van der Waals surface area contributed by atoms with Crippen LogP contribution in [0.1, 0.15) is 40.7 Å². The zero-order chi connectivity index (χ0) is 12.6. The van der Waals surface area contributed by atoms with E-state index in [1.54, 1.807) is 12.4 Å². The third kappa shape index (κ3) is 1.95. The van der Waals surface area contributed by atoms with E-state index < -0.39 is 5.97 Å². The Hall–Kier alpha value is -2.04. The first kappa shape index (κ1) is 11.4. The Balaban J connectivity index is 2.33. The quantitative estimate of drug-likeness (QED) is 0.885. The second kappa shape index (κ2) is 4.08. The first-order chi connectivity index (χ1) is 8.00. The normalized spacial score (nSPS) is 12.6. The van der Waals surface area contributed by atoms with Gasteiger partial charge in [0.2, 0.25) is 5.76 Å². The molecule has 2 rings (SSSR count). The van der Waals surface area contributed by atoms with Crippen molar-refractivity contribution in [3.8, 4) is 0 Å². The number of aromatic nitrogens is 2. The number of aryl methyl sites for hydroxylation is 1. The maximum absolute atomic E-state index is 10.7. The smallest absolute Gasteiger partial charge is 0.371 e. The molecule has 2 aromatic rings. The molecule has 2 heterocycles. The summed E-state index contributed by atoms with van der Waals surface area (Å²) in [6.45, 7) is 5.85. The molecule has 0 spiro atoms. The van der Waals surface area contributed by atoms with Crippen LogP contribution >= 0.6 is 0 Å². The summed E-state index contributed by atoms with van der Waals surface area (Å²) in [5, 5.41) is 8.80. The van der Waals surface area contributed by atoms with Crippen LogP contribution in [0, 0.1) is 13.8 Å². The van der Waals surface area contributed by atoms with Crippen molar-refractivity contribution in [2.75, 3.05) is 0 Å². The molecule has 0 aliphatic rings. The molecule has 0 saturated carbocycles. The van der Waals surface area contributed by atoms with E-state index in [1.807, 2.05) is 25.3 Å². The molecule has 1 unspecified atom stereocenters. The van der Waals surface area contributed by atoms with Gasteiger partial charge in [0.1, 0.15) is 5.76 Å². The molecule has 0 bridgehead atoms. The van der Waals surface area contributed by atoms with Crippen LogP contribution in [-0.4, -0.2) is 20.6 Å². The first-order valence-corrected chi connectivity index (χ1v) is 5.33. The Bertz CT molecular complexity index is 554. The zero-order valence-electron chi connectivity index (χ0n) is 9.97. The number of nitrogens with zero attached hydrogens (tertiary/aromatic N) is 2. The zero-order valence-corrected chi connectivity index (χ0v) is 9.97. The van der Waals surface area contributed by atoms with Crippen molar-refractivity contribution < 1.29 is 14.3 Å². The largest absolute Gasteiger partial charge is 0.475 e. The average molecular weight is 234 g/mol. The molecule has 2 aromatic heterocycles. The van der Waals surface area contributed by atoms with Gasteiger partial charge in [0.05, 0.1) is 18.1 Å². The fourth-order valence-electron chi connectivity index (χ4n) is 1.74. The number of rotatable bonds is 3. The van der Waals surface area contributed by atoms with Gasteiger partial charge in [0.25, 0.3) is 0 Å². The molecule has 0 saturated heterocycles. The van der Waals surface area contributed by atoms with E-state index >= 15 is 0 Å². The summed E-state index contributed by atoms with van der Waals surface area (Å²) >= 11 is 0. The maximum atomic E-state index is 10.7. The number of furan rings is 1. The number of carboxylic acid groups (broad SMARTS) is 1. The number of hydrogen-bond acceptors (Lipinski definition) is 3. The lowest BCUT2D eigenvalue weighted by Crippen LogP contribution is -2.06. The summed E-state index contributed by atoms with van der Waals surface area (Å²) in [4.78, 5) is 14.9. The lowest BCUT2D eigenvalue weighted by atomic mass is 10.2. The summed E-state index contributed by atoms with van der Waals surface area (Å²) in [5.74, 6) is -0.480. The van der Waals surface area contributed by atoms with Crippen molar-refractivity contribution in [3.63, 3.8) is 0 Å². The minimum absolute atomic E-state index is 0.0404. The van der Waals surface area contributed by atoms with Gasteiger partial charge >= 0.3 is 5.97 Å². The van der Waals surface area contributed by atoms with Crippen LogP contribution in [0.25, 0.3) is 0 Å². The van der Waals surface area contributed by atoms with E-state index in [-0.39, 0.29) is 11.8 Å². The number of imidazole rings is 1. The fraction of sp³-hybridized carbons (Fsp3) is 0.333. The van der Waals surface area contributed by atoms with Crippen LogP contribution in [0.3, 0.4) is 0 Å². The summed E-state index contributed by atoms with van der Waals surface area (Å²) in [5.41, 5.74) is 2.01. The highest BCUT2D eigenvalue weighted by Gasteiger charge is 2.17. The average Bonchev–Trinajstić information content (AvgIpc) is 2.87. The molecule has 0 aliphatic carbocycles. The molecule has 1 atom stereocenters. The molecule has 1 N–H and O–H groups in total. The molecule has 0 amide bonds. The van der Waals surface area contributed by atoms with E-state index in [2.05, 4.69) is 4.98 Å². The van der Waals surface area contributed by atoms with E-state index in [1.165, 1.54) is 6.07 Å². The Kier molecular flexibility index (Phi) is 2.75. The number of carbonyl (C=O) groups is 1. The molecular formula is C12H14N2O3. The lowest BCUT2D eigenvalue weighted by molar-refractivity contribution is 0.0659. The second-order valence-electron chi connectivity index (χ2n) is 4.01. The highest BCUT2D eigenvalue weighted by molar-refractivity contribution is 5.84. The van der Waals surface area contributed by atoms with Crippen LogP contribution in [0.15, 0.2) is 22.9 Å². The SMILES string of the molecule is Cc1ncn(C(C)c2ccc(C(=O)O)o2)c1C. The van der Waals surface area contributed by atoms with Gasteiger partial charge in [-0.2, -0.15) is 0 Å². The van der Waals surface area contributed by atoms with Crippen LogP contribution in [-0.2, 0) is 0 Å². The van der Waals surface area contributed by atoms with Crippen LogP contribution in [0.2, 0.25) is 0 Å². The molecule has 90 valence electrons. The third-order valence-corrected chi connectivity index (χ3v) is 2.95. The van der Waals surface area contributed by atoms with E-state index in [4.69, 9.17) is 9.52 Å². The monoisotopic (exact) mass is 234 g/mol. The fourth-order valence-corrected chi connectivity index (χ4v) is 1.74. The summed E-state index contributed by atoms with van der Waals surface area (Å²) in [6, 6.07) is 3.08. The van der Waals surface area contributed by atoms with Gasteiger partial charge in [-0.25, -0.2) is 9.78 Å². The highest BCUT2D eigenvalue weighted by atomic mass is 16.4. The van der Waals surface area contributed by atoms with Gasteiger partial charge in [-0.3, -0.25) is 0 Å². The summed E-state index contributed by atoms with van der Waals surface area (Å²) < 4.78 is 7.24. The molecule has 5 nitrogen and oxygen atoms in total. The molecule has 17 heavy (non-hydrogen) atoms. The van der Waals surface area contributed by atoms with Crippen molar-refractivity contribution in [2.45, 2.75) is 26.8 Å². The van der Waals surface area contributed by atoms with Gasteiger partial charge in [-0.1, -0.05) is 0 Å². The third-order valence-electron chi connectivity index (χ3n) is 2.95. The van der Waals surface area contributed by atoms with E-state index in [0.717, 1.165) is 11.4 Å². The molecular weight excluding hydrogens is 220 g/mol. The van der Waals surface area contributed by atoms with Gasteiger partial charge in [-0.05, 0) is 32.9 Å². The van der Waals surface area contributed by atoms with Crippen LogP contribution < -0.4 is 0 Å². The van der Waals surface area contributed by atoms with Gasteiger partial charge in [-0.15, -0.1) is 0 Å². The summed E-state index contributed by atoms with van der Waals surface area (Å²) in [6.07, 6.45) is 1.73. The van der Waals surface area contributed by atoms with Crippen molar-refractivity contribution in [1.82, 2.24) is 9.55 Å². The van der Waals surface area contributed by atoms with Crippen molar-refractivity contribution in [1.29, 1.82) is 0 Å². The van der Waals surface area contributed by atoms with E-state index in [0.29, 0.717) is 5.76 Å². The topological polar surface area (TPSA) is 68.3 Å². The van der Waals surface area contributed by atoms with Gasteiger partial charge < -0.3 is 14.1 Å². The highest BCUT2D eigenvalue weighted by Crippen LogP contribution is 2.22. The number of aromatic carboxylic acids is 1. The van der Waals surface area contributed by atoms with Crippen molar-refractivity contribution in [2.24, 2.45) is 0 Å². The first-order valence-electron chi connectivity index (χ1n) is 5.33. The van der Waals surface area contributed by atoms with Crippen LogP contribution in [0.4, 0.5) is 0 Å². The molecule has 0 radical (unpaired) electrons. The predicted octanol–water partition coefficient (Wildman–Crippen LogP) is 2.40. The Labute approximate surface area is 98.7 Å². The molecule has 0 fully saturated rings. The maximum Gasteiger partial charge on any atom is 0.371 e. The molecule has 5 heteroatoms.